The molecule has 0 spiro atoms. The third kappa shape index (κ3) is 1.73. The molecule has 0 aromatic carbocycles. The molecule has 1 atom stereocenters. The van der Waals surface area contributed by atoms with Gasteiger partial charge in [0.05, 0.1) is 6.04 Å². The molecule has 0 unspecified atom stereocenters. The summed E-state index contributed by atoms with van der Waals surface area (Å²) in [5, 5.41) is 3.05. The van der Waals surface area contributed by atoms with E-state index in [0.29, 0.717) is 0 Å². The number of hydrogen-bond acceptors (Lipinski definition) is 4. The van der Waals surface area contributed by atoms with E-state index in [0.717, 1.165) is 0 Å². The number of nitrogens with two attached hydrogens (primary N) is 1. The van der Waals surface area contributed by atoms with Crippen molar-refractivity contribution in [3.8, 4) is 0 Å². The Bertz CT molecular complexity index is 267. The van der Waals surface area contributed by atoms with E-state index in [1.165, 1.54) is 6.92 Å². The molecular formula is C5H6F3N3O. The van der Waals surface area contributed by atoms with Crippen LogP contribution in [-0.4, -0.2) is 10.1 Å². The lowest BCUT2D eigenvalue weighted by Crippen LogP contribution is -2.09. The van der Waals surface area contributed by atoms with Crippen molar-refractivity contribution in [2.24, 2.45) is 5.73 Å². The molecule has 1 aromatic heterocycles. The quantitative estimate of drug-likeness (QED) is 0.704. The summed E-state index contributed by atoms with van der Waals surface area (Å²) in [7, 11) is 0. The Labute approximate surface area is 65.5 Å². The van der Waals surface area contributed by atoms with Crippen LogP contribution in [0.3, 0.4) is 0 Å². The molecule has 12 heavy (non-hydrogen) atoms. The number of hydrogen-bond donors (Lipinski definition) is 1. The van der Waals surface area contributed by atoms with Gasteiger partial charge in [-0.25, -0.2) is 0 Å². The third-order valence-electron chi connectivity index (χ3n) is 1.09. The zero-order chi connectivity index (χ0) is 9.35. The largest absolute Gasteiger partial charge is 0.471 e. The number of aromatic nitrogens is 2. The molecule has 0 aliphatic carbocycles. The van der Waals surface area contributed by atoms with Crippen LogP contribution in [0.2, 0.25) is 0 Å². The highest BCUT2D eigenvalue weighted by Crippen LogP contribution is 2.27. The lowest BCUT2D eigenvalue weighted by molar-refractivity contribution is -0.159. The van der Waals surface area contributed by atoms with Gasteiger partial charge < -0.3 is 10.3 Å². The SMILES string of the molecule is C[C@H](N)c1noc(C(F)(F)F)n1. The summed E-state index contributed by atoms with van der Waals surface area (Å²) in [6.07, 6.45) is -4.60. The molecule has 7 heteroatoms. The van der Waals surface area contributed by atoms with Gasteiger partial charge in [-0.1, -0.05) is 5.16 Å². The van der Waals surface area contributed by atoms with Crippen LogP contribution in [0, 0.1) is 0 Å². The molecule has 1 rings (SSSR count). The van der Waals surface area contributed by atoms with Gasteiger partial charge >= 0.3 is 12.1 Å². The maximum atomic E-state index is 11.8. The van der Waals surface area contributed by atoms with Crippen molar-refractivity contribution >= 4 is 0 Å². The molecule has 68 valence electrons. The van der Waals surface area contributed by atoms with Crippen LogP contribution in [0.1, 0.15) is 24.7 Å². The van der Waals surface area contributed by atoms with Gasteiger partial charge in [0.15, 0.2) is 5.82 Å². The second kappa shape index (κ2) is 2.74. The van der Waals surface area contributed by atoms with Gasteiger partial charge in [0.25, 0.3) is 0 Å². The Kier molecular flexibility index (Phi) is 2.05. The normalized spacial score (nSPS) is 14.8. The number of alkyl halides is 3. The van der Waals surface area contributed by atoms with Gasteiger partial charge in [0, 0.05) is 0 Å². The van der Waals surface area contributed by atoms with Gasteiger partial charge in [-0.05, 0) is 6.92 Å². The second-order valence-corrected chi connectivity index (χ2v) is 2.24. The smallest absolute Gasteiger partial charge is 0.329 e. The molecule has 0 aliphatic rings. The molecule has 0 saturated carbocycles. The summed E-state index contributed by atoms with van der Waals surface area (Å²) >= 11 is 0. The molecule has 0 amide bonds. The Morgan fingerprint density at radius 1 is 1.50 bits per heavy atom. The summed E-state index contributed by atoms with van der Waals surface area (Å²) in [5.41, 5.74) is 5.22. The van der Waals surface area contributed by atoms with E-state index in [4.69, 9.17) is 5.73 Å². The summed E-state index contributed by atoms with van der Waals surface area (Å²) in [5.74, 6) is -1.52. The Hall–Kier alpha value is -1.11. The van der Waals surface area contributed by atoms with Crippen molar-refractivity contribution < 1.29 is 17.7 Å². The highest BCUT2D eigenvalue weighted by atomic mass is 19.4. The molecular weight excluding hydrogens is 175 g/mol. The average Bonchev–Trinajstić information content (AvgIpc) is 2.30. The van der Waals surface area contributed by atoms with E-state index in [-0.39, 0.29) is 5.82 Å². The Morgan fingerprint density at radius 2 is 2.08 bits per heavy atom. The van der Waals surface area contributed by atoms with Gasteiger partial charge in [0.1, 0.15) is 0 Å². The lowest BCUT2D eigenvalue weighted by Gasteiger charge is -1.96. The first-order valence-electron chi connectivity index (χ1n) is 3.07. The molecule has 0 aliphatic heterocycles. The second-order valence-electron chi connectivity index (χ2n) is 2.24. The van der Waals surface area contributed by atoms with Crippen molar-refractivity contribution in [2.45, 2.75) is 19.1 Å². The molecule has 4 nitrogen and oxygen atoms in total. The first kappa shape index (κ1) is 8.98. The van der Waals surface area contributed by atoms with Crippen LogP contribution in [0.5, 0.6) is 0 Å². The zero-order valence-electron chi connectivity index (χ0n) is 6.09. The molecule has 1 aromatic rings. The van der Waals surface area contributed by atoms with Gasteiger partial charge in [-0.3, -0.25) is 0 Å². The van der Waals surface area contributed by atoms with E-state index < -0.39 is 18.1 Å². The molecule has 2 N–H and O–H groups in total. The average molecular weight is 181 g/mol. The molecule has 1 heterocycles. The summed E-state index contributed by atoms with van der Waals surface area (Å²) in [6.45, 7) is 1.46. The van der Waals surface area contributed by atoms with Crippen molar-refractivity contribution in [3.63, 3.8) is 0 Å². The topological polar surface area (TPSA) is 64.9 Å². The van der Waals surface area contributed by atoms with Crippen LogP contribution >= 0.6 is 0 Å². The summed E-state index contributed by atoms with van der Waals surface area (Å²) < 4.78 is 39.4. The fourth-order valence-corrected chi connectivity index (χ4v) is 0.535. The van der Waals surface area contributed by atoms with E-state index in [9.17, 15) is 13.2 Å². The van der Waals surface area contributed by atoms with Crippen molar-refractivity contribution in [3.05, 3.63) is 11.7 Å². The molecule has 0 radical (unpaired) electrons. The highest BCUT2D eigenvalue weighted by molar-refractivity contribution is 4.93. The monoisotopic (exact) mass is 181 g/mol. The fourth-order valence-electron chi connectivity index (χ4n) is 0.535. The fraction of sp³-hybridized carbons (Fsp3) is 0.600. The maximum Gasteiger partial charge on any atom is 0.471 e. The molecule has 0 bridgehead atoms. The van der Waals surface area contributed by atoms with Crippen molar-refractivity contribution in [1.82, 2.24) is 10.1 Å². The minimum absolute atomic E-state index is 0.151. The van der Waals surface area contributed by atoms with E-state index in [1.807, 2.05) is 0 Å². The van der Waals surface area contributed by atoms with Gasteiger partial charge in [-0.2, -0.15) is 18.2 Å². The number of nitrogens with zero attached hydrogens (tertiary/aromatic N) is 2. The number of halogens is 3. The summed E-state index contributed by atoms with van der Waals surface area (Å²) in [6, 6.07) is -0.662. The maximum absolute atomic E-state index is 11.8. The minimum atomic E-state index is -4.60. The van der Waals surface area contributed by atoms with E-state index in [2.05, 4.69) is 14.7 Å². The first-order valence-corrected chi connectivity index (χ1v) is 3.07. The van der Waals surface area contributed by atoms with Crippen LogP contribution in [-0.2, 0) is 6.18 Å². The minimum Gasteiger partial charge on any atom is -0.329 e. The Morgan fingerprint density at radius 3 is 2.33 bits per heavy atom. The lowest BCUT2D eigenvalue weighted by atomic mass is 10.3. The zero-order valence-corrected chi connectivity index (χ0v) is 6.09. The first-order chi connectivity index (χ1) is 5.41. The molecule has 0 fully saturated rings. The van der Waals surface area contributed by atoms with Crippen molar-refractivity contribution in [2.75, 3.05) is 0 Å². The molecule has 0 saturated heterocycles. The Balaban J connectivity index is 2.92. The van der Waals surface area contributed by atoms with Crippen LogP contribution in [0.4, 0.5) is 13.2 Å². The summed E-state index contributed by atoms with van der Waals surface area (Å²) in [4.78, 5) is 3.05. The van der Waals surface area contributed by atoms with Crippen LogP contribution in [0.25, 0.3) is 0 Å². The van der Waals surface area contributed by atoms with Gasteiger partial charge in [-0.15, -0.1) is 0 Å². The number of rotatable bonds is 1. The van der Waals surface area contributed by atoms with E-state index in [1.54, 1.807) is 0 Å². The standard InChI is InChI=1S/C5H6F3N3O/c1-2(9)3-10-4(12-11-3)5(6,7)8/h2H,9H2,1H3/t2-/m0/s1. The predicted molar refractivity (Wildman–Crippen MR) is 31.9 cm³/mol. The predicted octanol–water partition coefficient (Wildman–Crippen LogP) is 1.11. The third-order valence-corrected chi connectivity index (χ3v) is 1.09. The highest BCUT2D eigenvalue weighted by Gasteiger charge is 2.38. The van der Waals surface area contributed by atoms with Gasteiger partial charge in [0.2, 0.25) is 0 Å². The van der Waals surface area contributed by atoms with Crippen LogP contribution in [0.15, 0.2) is 4.52 Å². The van der Waals surface area contributed by atoms with E-state index >= 15 is 0 Å². The van der Waals surface area contributed by atoms with Crippen LogP contribution < -0.4 is 5.73 Å². The van der Waals surface area contributed by atoms with Crippen molar-refractivity contribution in [1.29, 1.82) is 0 Å².